The van der Waals surface area contributed by atoms with Crippen LogP contribution in [0.4, 0.5) is 41.9 Å². The van der Waals surface area contributed by atoms with E-state index >= 15 is 0 Å². The van der Waals surface area contributed by atoms with Gasteiger partial charge in [-0.1, -0.05) is 12.6 Å². The minimum atomic E-state index is -1.53. The molecule has 6 rings (SSSR count). The Labute approximate surface area is 271 Å². The minimum absolute atomic E-state index is 0.0399. The lowest BCUT2D eigenvalue weighted by atomic mass is 10.0. The number of ether oxygens (including phenoxy) is 1. The number of amides is 1. The SMILES string of the molecule is C=CC(=O)Nc1cc(Nc2cc(N3OCC[C@@H]3c3ccc(F)c(F)c3F)ncn2)c(OC)cc1N1CCC(N2CCN(C)CC2)CC1. The summed E-state index contributed by atoms with van der Waals surface area (Å²) in [5, 5.41) is 7.55. The van der Waals surface area contributed by atoms with Gasteiger partial charge in [-0.3, -0.25) is 14.5 Å². The first kappa shape index (κ1) is 32.5. The number of likely N-dealkylation sites (N-methyl/N-ethyl adjacent to an activating group) is 1. The lowest BCUT2D eigenvalue weighted by Gasteiger charge is -2.43. The number of piperazine rings is 1. The van der Waals surface area contributed by atoms with Crippen LogP contribution in [0.25, 0.3) is 0 Å². The van der Waals surface area contributed by atoms with Crippen LogP contribution in [-0.4, -0.2) is 91.7 Å². The molecule has 3 aliphatic heterocycles. The maximum absolute atomic E-state index is 14.7. The number of carbonyl (C=O) groups is 1. The summed E-state index contributed by atoms with van der Waals surface area (Å²) in [6.07, 6.45) is 4.89. The van der Waals surface area contributed by atoms with E-state index in [2.05, 4.69) is 48.9 Å². The number of carbonyl (C=O) groups excluding carboxylic acids is 1. The van der Waals surface area contributed by atoms with Crippen molar-refractivity contribution in [3.8, 4) is 5.75 Å². The number of hydrogen-bond acceptors (Lipinski definition) is 10. The van der Waals surface area contributed by atoms with Crippen molar-refractivity contribution in [3.63, 3.8) is 0 Å². The summed E-state index contributed by atoms with van der Waals surface area (Å²) in [6.45, 7) is 9.80. The van der Waals surface area contributed by atoms with Crippen LogP contribution < -0.4 is 25.3 Å². The molecule has 0 bridgehead atoms. The first-order chi connectivity index (χ1) is 22.7. The van der Waals surface area contributed by atoms with Gasteiger partial charge in [0.1, 0.15) is 17.9 Å². The van der Waals surface area contributed by atoms with Gasteiger partial charge in [-0.15, -0.1) is 0 Å². The number of methoxy groups -OCH3 is 1. The number of hydrogen-bond donors (Lipinski definition) is 2. The molecule has 1 aromatic heterocycles. The van der Waals surface area contributed by atoms with Crippen molar-refractivity contribution in [1.82, 2.24) is 19.8 Å². The number of hydroxylamine groups is 1. The maximum Gasteiger partial charge on any atom is 0.247 e. The number of benzene rings is 2. The second-order valence-corrected chi connectivity index (χ2v) is 11.9. The Morgan fingerprint density at radius 1 is 1.00 bits per heavy atom. The fourth-order valence-electron chi connectivity index (χ4n) is 6.49. The Morgan fingerprint density at radius 3 is 2.49 bits per heavy atom. The van der Waals surface area contributed by atoms with Crippen LogP contribution in [0.5, 0.6) is 5.75 Å². The zero-order valence-electron chi connectivity index (χ0n) is 26.5. The lowest BCUT2D eigenvalue weighted by Crippen LogP contribution is -2.52. The van der Waals surface area contributed by atoms with Crippen LogP contribution in [0.2, 0.25) is 0 Å². The summed E-state index contributed by atoms with van der Waals surface area (Å²) in [5.74, 6) is -3.24. The Morgan fingerprint density at radius 2 is 1.77 bits per heavy atom. The zero-order valence-corrected chi connectivity index (χ0v) is 26.5. The van der Waals surface area contributed by atoms with E-state index in [9.17, 15) is 18.0 Å². The van der Waals surface area contributed by atoms with Gasteiger partial charge in [-0.2, -0.15) is 0 Å². The molecule has 47 heavy (non-hydrogen) atoms. The third-order valence-corrected chi connectivity index (χ3v) is 9.09. The summed E-state index contributed by atoms with van der Waals surface area (Å²) in [5.41, 5.74) is 1.91. The molecular formula is C33H39F3N8O3. The zero-order chi connectivity index (χ0) is 33.1. The third-order valence-electron chi connectivity index (χ3n) is 9.09. The van der Waals surface area contributed by atoms with Crippen LogP contribution in [0, 0.1) is 17.5 Å². The molecular weight excluding hydrogens is 613 g/mol. The first-order valence-corrected chi connectivity index (χ1v) is 15.7. The molecule has 0 radical (unpaired) electrons. The highest BCUT2D eigenvalue weighted by atomic mass is 19.2. The van der Waals surface area contributed by atoms with Gasteiger partial charge < -0.3 is 25.2 Å². The van der Waals surface area contributed by atoms with Crippen LogP contribution in [0.3, 0.4) is 0 Å². The Balaban J connectivity index is 1.23. The highest BCUT2D eigenvalue weighted by Gasteiger charge is 2.33. The summed E-state index contributed by atoms with van der Waals surface area (Å²) in [7, 11) is 3.73. The van der Waals surface area contributed by atoms with E-state index in [-0.39, 0.29) is 23.9 Å². The molecule has 2 N–H and O–H groups in total. The molecule has 3 saturated heterocycles. The molecule has 0 saturated carbocycles. The number of nitrogens with zero attached hydrogens (tertiary/aromatic N) is 6. The van der Waals surface area contributed by atoms with E-state index < -0.39 is 23.5 Å². The molecule has 11 nitrogen and oxygen atoms in total. The number of rotatable bonds is 9. The molecule has 250 valence electrons. The number of aromatic nitrogens is 2. The van der Waals surface area contributed by atoms with E-state index in [4.69, 9.17) is 9.57 Å². The van der Waals surface area contributed by atoms with Gasteiger partial charge in [0.2, 0.25) is 5.91 Å². The number of halogens is 3. The molecule has 3 aliphatic rings. The lowest BCUT2D eigenvalue weighted by molar-refractivity contribution is -0.111. The molecule has 3 fully saturated rings. The standard InChI is InChI=1S/C33H39F3N8O3/c1-4-31(45)40-24-17-25(28(46-3)18-27(24)43-10-7-21(8-11-43)42-14-12-41(2)13-15-42)39-29-19-30(38-20-37-29)44-26(9-16-47-44)22-5-6-23(34)33(36)32(22)35/h4-6,17-21,26H,1,7-16H2,2-3H3,(H,40,45)(H,37,38,39)/t26-/m1/s1. The van der Waals surface area contributed by atoms with Crippen LogP contribution in [0.1, 0.15) is 30.9 Å². The monoisotopic (exact) mass is 652 g/mol. The second kappa shape index (κ2) is 14.2. The largest absolute Gasteiger partial charge is 0.494 e. The maximum atomic E-state index is 14.7. The number of piperidine rings is 1. The summed E-state index contributed by atoms with van der Waals surface area (Å²) < 4.78 is 48.1. The highest BCUT2D eigenvalue weighted by molar-refractivity contribution is 6.02. The number of nitrogens with one attached hydrogen (secondary N) is 2. The van der Waals surface area contributed by atoms with Crippen molar-refractivity contribution in [2.24, 2.45) is 0 Å². The van der Waals surface area contributed by atoms with Gasteiger partial charge >= 0.3 is 0 Å². The van der Waals surface area contributed by atoms with Crippen molar-refractivity contribution in [1.29, 1.82) is 0 Å². The Kier molecular flexibility index (Phi) is 9.80. The predicted octanol–water partition coefficient (Wildman–Crippen LogP) is 4.87. The smallest absolute Gasteiger partial charge is 0.247 e. The normalized spacial score (nSPS) is 19.6. The second-order valence-electron chi connectivity index (χ2n) is 11.9. The molecule has 0 unspecified atom stereocenters. The van der Waals surface area contributed by atoms with Crippen molar-refractivity contribution < 1.29 is 27.5 Å². The molecule has 1 atom stereocenters. The summed E-state index contributed by atoms with van der Waals surface area (Å²) in [6, 6.07) is 7.17. The van der Waals surface area contributed by atoms with E-state index in [1.54, 1.807) is 19.2 Å². The molecule has 3 aromatic rings. The van der Waals surface area contributed by atoms with Gasteiger partial charge in [-0.25, -0.2) is 28.2 Å². The molecule has 1 amide bonds. The number of anilines is 5. The fraction of sp³-hybridized carbons (Fsp3) is 0.424. The van der Waals surface area contributed by atoms with Crippen LogP contribution >= 0.6 is 0 Å². The van der Waals surface area contributed by atoms with E-state index in [0.717, 1.165) is 63.9 Å². The average Bonchev–Trinajstić information content (AvgIpc) is 3.58. The van der Waals surface area contributed by atoms with Crippen molar-refractivity contribution in [3.05, 3.63) is 72.3 Å². The third kappa shape index (κ3) is 6.99. The fourth-order valence-corrected chi connectivity index (χ4v) is 6.49. The molecule has 14 heteroatoms. The predicted molar refractivity (Wildman–Crippen MR) is 174 cm³/mol. The highest BCUT2D eigenvalue weighted by Crippen LogP contribution is 2.41. The first-order valence-electron chi connectivity index (χ1n) is 15.7. The van der Waals surface area contributed by atoms with Crippen LogP contribution in [0.15, 0.2) is 49.3 Å². The molecule has 2 aromatic carbocycles. The molecule has 0 spiro atoms. The molecule has 0 aliphatic carbocycles. The van der Waals surface area contributed by atoms with Crippen molar-refractivity contribution in [2.75, 3.05) is 80.6 Å². The summed E-state index contributed by atoms with van der Waals surface area (Å²) in [4.78, 5) is 34.1. The van der Waals surface area contributed by atoms with Gasteiger partial charge in [0.25, 0.3) is 0 Å². The topological polar surface area (TPSA) is 98.3 Å². The van der Waals surface area contributed by atoms with E-state index in [1.165, 1.54) is 23.5 Å². The van der Waals surface area contributed by atoms with Crippen molar-refractivity contribution in [2.45, 2.75) is 31.3 Å². The molecule has 4 heterocycles. The quantitative estimate of drug-likeness (QED) is 0.246. The van der Waals surface area contributed by atoms with Gasteiger partial charge in [0.15, 0.2) is 23.3 Å². The van der Waals surface area contributed by atoms with Crippen molar-refractivity contribution >= 4 is 34.6 Å². The van der Waals surface area contributed by atoms with E-state index in [0.29, 0.717) is 35.4 Å². The van der Waals surface area contributed by atoms with Gasteiger partial charge in [-0.05, 0) is 38.1 Å². The average molecular weight is 653 g/mol. The van der Waals surface area contributed by atoms with Crippen LogP contribution in [-0.2, 0) is 9.63 Å². The van der Waals surface area contributed by atoms with Gasteiger partial charge in [0, 0.05) is 69.4 Å². The Hall–Kier alpha value is -4.40. The van der Waals surface area contributed by atoms with E-state index in [1.807, 2.05) is 6.07 Å². The summed E-state index contributed by atoms with van der Waals surface area (Å²) >= 11 is 0. The van der Waals surface area contributed by atoms with Gasteiger partial charge in [0.05, 0.1) is 36.8 Å². The minimum Gasteiger partial charge on any atom is -0.494 e. The Bertz CT molecular complexity index is 1610.